The topological polar surface area (TPSA) is 89.5 Å². The van der Waals surface area contributed by atoms with Crippen LogP contribution in [0.25, 0.3) is 11.1 Å². The van der Waals surface area contributed by atoms with Crippen molar-refractivity contribution in [3.8, 4) is 0 Å². The molecule has 20 heavy (non-hydrogen) atoms. The van der Waals surface area contributed by atoms with Gasteiger partial charge in [-0.15, -0.1) is 0 Å². The molecule has 2 aromatic rings. The molecule has 1 saturated carbocycles. The molecule has 7 heteroatoms. The Hall–Kier alpha value is -2.08. The van der Waals surface area contributed by atoms with Crippen molar-refractivity contribution in [3.63, 3.8) is 0 Å². The number of carbonyl (C=O) groups is 2. The van der Waals surface area contributed by atoms with Crippen LogP contribution in [0.1, 0.15) is 16.8 Å². The zero-order valence-electron chi connectivity index (χ0n) is 10.4. The number of aryl methyl sites for hydroxylation is 1. The van der Waals surface area contributed by atoms with Gasteiger partial charge >= 0.3 is 11.7 Å². The van der Waals surface area contributed by atoms with Crippen molar-refractivity contribution in [2.75, 3.05) is 0 Å². The summed E-state index contributed by atoms with van der Waals surface area (Å²) in [6.07, 6.45) is 0.336. The summed E-state index contributed by atoms with van der Waals surface area (Å²) in [7, 11) is 1.52. The van der Waals surface area contributed by atoms with Crippen molar-refractivity contribution in [1.82, 2.24) is 4.57 Å². The van der Waals surface area contributed by atoms with Crippen molar-refractivity contribution >= 4 is 34.5 Å². The predicted molar refractivity (Wildman–Crippen MR) is 70.0 cm³/mol. The molecule has 1 fully saturated rings. The highest BCUT2D eigenvalue weighted by molar-refractivity contribution is 6.35. The fourth-order valence-electron chi connectivity index (χ4n) is 2.34. The maximum Gasteiger partial charge on any atom is 0.419 e. The van der Waals surface area contributed by atoms with Gasteiger partial charge in [-0.3, -0.25) is 14.2 Å². The molecule has 1 aliphatic rings. The number of nitrogens with zero attached hydrogens (tertiary/aromatic N) is 1. The first-order chi connectivity index (χ1) is 9.40. The van der Waals surface area contributed by atoms with Crippen LogP contribution in [0.3, 0.4) is 0 Å². The third-order valence-corrected chi connectivity index (χ3v) is 3.85. The maximum absolute atomic E-state index is 12.2. The molecule has 1 aromatic heterocycles. The Kier molecular flexibility index (Phi) is 2.72. The minimum Gasteiger partial charge on any atom is -0.481 e. The van der Waals surface area contributed by atoms with E-state index in [1.165, 1.54) is 23.7 Å². The lowest BCUT2D eigenvalue weighted by molar-refractivity contribution is -0.138. The lowest BCUT2D eigenvalue weighted by Gasteiger charge is -2.02. The molecule has 0 saturated heterocycles. The van der Waals surface area contributed by atoms with Crippen molar-refractivity contribution in [1.29, 1.82) is 0 Å². The van der Waals surface area contributed by atoms with E-state index in [4.69, 9.17) is 21.1 Å². The second-order valence-corrected chi connectivity index (χ2v) is 5.29. The molecule has 104 valence electrons. The van der Waals surface area contributed by atoms with Crippen LogP contribution in [0.2, 0.25) is 5.02 Å². The predicted octanol–water partition coefficient (Wildman–Crippen LogP) is 1.69. The lowest BCUT2D eigenvalue weighted by atomic mass is 10.1. The quantitative estimate of drug-likeness (QED) is 0.870. The van der Waals surface area contributed by atoms with E-state index in [1.54, 1.807) is 0 Å². The van der Waals surface area contributed by atoms with Gasteiger partial charge in [0.1, 0.15) is 5.52 Å². The number of hydrogen-bond acceptors (Lipinski definition) is 4. The average molecular weight is 296 g/mol. The summed E-state index contributed by atoms with van der Waals surface area (Å²) in [6, 6.07) is 2.88. The molecule has 0 bridgehead atoms. The molecular weight excluding hydrogens is 286 g/mol. The third-order valence-electron chi connectivity index (χ3n) is 3.56. The Morgan fingerprint density at radius 1 is 1.40 bits per heavy atom. The van der Waals surface area contributed by atoms with E-state index in [1.807, 2.05) is 0 Å². The van der Waals surface area contributed by atoms with Crippen molar-refractivity contribution in [3.05, 3.63) is 33.3 Å². The van der Waals surface area contributed by atoms with Crippen LogP contribution in [-0.4, -0.2) is 21.4 Å². The second-order valence-electron chi connectivity index (χ2n) is 4.88. The molecule has 3 rings (SSSR count). The number of hydrogen-bond donors (Lipinski definition) is 1. The lowest BCUT2D eigenvalue weighted by Crippen LogP contribution is -2.09. The van der Waals surface area contributed by atoms with Gasteiger partial charge in [-0.05, 0) is 18.6 Å². The minimum atomic E-state index is -0.971. The number of oxazole rings is 1. The van der Waals surface area contributed by atoms with Gasteiger partial charge < -0.3 is 9.52 Å². The highest BCUT2D eigenvalue weighted by Gasteiger charge is 2.48. The SMILES string of the molecule is Cn1c(=O)oc2cc(C(=O)[C@H]3C[C@@H]3C(=O)O)cc(Cl)c21. The van der Waals surface area contributed by atoms with E-state index < -0.39 is 23.6 Å². The normalized spacial score (nSPS) is 21.1. The van der Waals surface area contributed by atoms with E-state index in [0.717, 1.165) is 0 Å². The molecule has 0 unspecified atom stereocenters. The van der Waals surface area contributed by atoms with Gasteiger partial charge in [0.05, 0.1) is 10.9 Å². The van der Waals surface area contributed by atoms with Crippen LogP contribution < -0.4 is 5.76 Å². The summed E-state index contributed by atoms with van der Waals surface area (Å²) in [4.78, 5) is 34.4. The number of carboxylic acid groups (broad SMARTS) is 1. The fraction of sp³-hybridized carbons (Fsp3) is 0.308. The molecule has 1 N–H and O–H groups in total. The number of aromatic nitrogens is 1. The molecule has 1 heterocycles. The van der Waals surface area contributed by atoms with Crippen LogP contribution in [0.4, 0.5) is 0 Å². The first-order valence-electron chi connectivity index (χ1n) is 5.96. The number of aliphatic carboxylic acids is 1. The zero-order chi connectivity index (χ0) is 14.6. The average Bonchev–Trinajstić information content (AvgIpc) is 3.11. The summed E-state index contributed by atoms with van der Waals surface area (Å²) in [6.45, 7) is 0. The van der Waals surface area contributed by atoms with Gasteiger partial charge in [-0.2, -0.15) is 0 Å². The number of rotatable bonds is 3. The van der Waals surface area contributed by atoms with E-state index in [0.29, 0.717) is 11.9 Å². The minimum absolute atomic E-state index is 0.223. The molecule has 1 aliphatic carbocycles. The van der Waals surface area contributed by atoms with Crippen LogP contribution in [0.5, 0.6) is 0 Å². The van der Waals surface area contributed by atoms with Gasteiger partial charge in [-0.25, -0.2) is 4.79 Å². The molecule has 0 aliphatic heterocycles. The standard InChI is InChI=1S/C13H10ClNO5/c1-15-10-8(14)2-5(3-9(10)20-13(15)19)11(16)6-4-7(6)12(17)18/h2-3,6-7H,4H2,1H3,(H,17,18)/t6-,7-/m0/s1. The van der Waals surface area contributed by atoms with Crippen LogP contribution >= 0.6 is 11.6 Å². The van der Waals surface area contributed by atoms with Crippen molar-refractivity contribution in [2.24, 2.45) is 18.9 Å². The maximum atomic E-state index is 12.2. The van der Waals surface area contributed by atoms with E-state index in [9.17, 15) is 14.4 Å². The second kappa shape index (κ2) is 4.21. The summed E-state index contributed by atoms with van der Waals surface area (Å²) >= 11 is 6.06. The number of carbonyl (C=O) groups excluding carboxylic acids is 1. The fourth-order valence-corrected chi connectivity index (χ4v) is 2.68. The van der Waals surface area contributed by atoms with Crippen molar-refractivity contribution in [2.45, 2.75) is 6.42 Å². The Labute approximate surface area is 117 Å². The number of benzene rings is 1. The molecule has 0 amide bonds. The molecule has 0 spiro atoms. The summed E-state index contributed by atoms with van der Waals surface area (Å²) in [5.41, 5.74) is 0.908. The number of ketones is 1. The Balaban J connectivity index is 2.04. The van der Waals surface area contributed by atoms with Gasteiger partial charge in [0.15, 0.2) is 11.4 Å². The van der Waals surface area contributed by atoms with Crippen LogP contribution in [-0.2, 0) is 11.8 Å². The van der Waals surface area contributed by atoms with Crippen LogP contribution in [0, 0.1) is 11.8 Å². The van der Waals surface area contributed by atoms with E-state index in [-0.39, 0.29) is 22.0 Å². The Morgan fingerprint density at radius 2 is 2.10 bits per heavy atom. The van der Waals surface area contributed by atoms with Crippen LogP contribution in [0.15, 0.2) is 21.3 Å². The first kappa shape index (κ1) is 12.9. The number of carboxylic acids is 1. The number of Topliss-reactive ketones (excluding diaryl/α,β-unsaturated/α-hetero) is 1. The summed E-state index contributed by atoms with van der Waals surface area (Å²) in [5, 5.41) is 9.07. The Bertz CT molecular complexity index is 803. The van der Waals surface area contributed by atoms with Gasteiger partial charge in [0, 0.05) is 18.5 Å². The summed E-state index contributed by atoms with van der Waals surface area (Å²) < 4.78 is 6.25. The van der Waals surface area contributed by atoms with Crippen molar-refractivity contribution < 1.29 is 19.1 Å². The largest absolute Gasteiger partial charge is 0.481 e. The monoisotopic (exact) mass is 295 g/mol. The highest BCUT2D eigenvalue weighted by Crippen LogP contribution is 2.41. The van der Waals surface area contributed by atoms with E-state index in [2.05, 4.69) is 0 Å². The molecule has 1 aromatic carbocycles. The van der Waals surface area contributed by atoms with Gasteiger partial charge in [-0.1, -0.05) is 11.6 Å². The first-order valence-corrected chi connectivity index (χ1v) is 6.34. The molecule has 6 nitrogen and oxygen atoms in total. The molecule has 2 atom stereocenters. The van der Waals surface area contributed by atoms with E-state index >= 15 is 0 Å². The smallest absolute Gasteiger partial charge is 0.419 e. The molecular formula is C13H10ClNO5. The number of halogens is 1. The Morgan fingerprint density at radius 3 is 2.70 bits per heavy atom. The highest BCUT2D eigenvalue weighted by atomic mass is 35.5. The zero-order valence-corrected chi connectivity index (χ0v) is 11.2. The summed E-state index contributed by atoms with van der Waals surface area (Å²) in [5.74, 6) is -2.97. The third kappa shape index (κ3) is 1.84. The number of fused-ring (bicyclic) bond motifs is 1. The van der Waals surface area contributed by atoms with Gasteiger partial charge in [0.2, 0.25) is 0 Å². The van der Waals surface area contributed by atoms with Gasteiger partial charge in [0.25, 0.3) is 0 Å². The molecule has 0 radical (unpaired) electrons.